The van der Waals surface area contributed by atoms with Crippen LogP contribution in [0.5, 0.6) is 11.5 Å². The maximum atomic E-state index is 10.1. The second-order valence-corrected chi connectivity index (χ2v) is 8.36. The average molecular weight is 434 g/mol. The number of hydrogen-bond donors (Lipinski definition) is 4. The van der Waals surface area contributed by atoms with E-state index in [1.807, 2.05) is 0 Å². The van der Waals surface area contributed by atoms with E-state index in [1.54, 1.807) is 11.8 Å². The fourth-order valence-electron chi connectivity index (χ4n) is 3.25. The molecule has 5 nitrogen and oxygen atoms in total. The summed E-state index contributed by atoms with van der Waals surface area (Å²) in [6.45, 7) is 2.86. The van der Waals surface area contributed by atoms with Gasteiger partial charge in [-0.25, -0.2) is 0 Å². The molecule has 0 aliphatic rings. The summed E-state index contributed by atoms with van der Waals surface area (Å²) in [5.74, 6) is -0.0906. The van der Waals surface area contributed by atoms with E-state index in [2.05, 4.69) is 35.8 Å². The van der Waals surface area contributed by atoms with E-state index in [9.17, 15) is 15.3 Å². The molecule has 1 atom stereocenters. The van der Waals surface area contributed by atoms with Crippen molar-refractivity contribution in [2.45, 2.75) is 49.5 Å². The Morgan fingerprint density at radius 1 is 0.900 bits per heavy atom. The molecule has 0 fully saturated rings. The summed E-state index contributed by atoms with van der Waals surface area (Å²) in [5.41, 5.74) is 1.88. The fraction of sp³-hybridized carbons (Fsp3) is 0.500. The number of phenols is 2. The molecule has 0 radical (unpaired) electrons. The van der Waals surface area contributed by atoms with Crippen molar-refractivity contribution in [1.82, 2.24) is 5.32 Å². The Hall–Kier alpha value is -1.73. The predicted molar refractivity (Wildman–Crippen MR) is 123 cm³/mol. The third kappa shape index (κ3) is 9.85. The number of benzene rings is 2. The van der Waals surface area contributed by atoms with Crippen molar-refractivity contribution in [2.24, 2.45) is 0 Å². The number of thioether (sulfide) groups is 1. The van der Waals surface area contributed by atoms with Crippen LogP contribution in [-0.4, -0.2) is 47.9 Å². The Kier molecular flexibility index (Phi) is 11.7. The maximum Gasteiger partial charge on any atom is 0.119 e. The van der Waals surface area contributed by atoms with Crippen LogP contribution in [0.3, 0.4) is 0 Å². The summed E-state index contributed by atoms with van der Waals surface area (Å²) in [6, 6.07) is 12.9. The molecule has 0 saturated heterocycles. The van der Waals surface area contributed by atoms with Crippen molar-refractivity contribution < 1.29 is 20.1 Å². The first kappa shape index (κ1) is 24.5. The SMILES string of the molecule is CSc1ccc(CCCOCCCCCCNCC(O)c2cc(O)cc(O)c2)cc1. The lowest BCUT2D eigenvalue weighted by Gasteiger charge is -2.13. The number of hydrogen-bond acceptors (Lipinski definition) is 6. The largest absolute Gasteiger partial charge is 0.508 e. The first-order valence-corrected chi connectivity index (χ1v) is 11.9. The molecule has 0 saturated carbocycles. The number of phenolic OH excluding ortho intramolecular Hbond substituents is 2. The number of unbranched alkanes of at least 4 members (excludes halogenated alkanes) is 3. The summed E-state index contributed by atoms with van der Waals surface area (Å²) in [7, 11) is 0. The van der Waals surface area contributed by atoms with Crippen molar-refractivity contribution in [2.75, 3.05) is 32.6 Å². The summed E-state index contributed by atoms with van der Waals surface area (Å²) in [5, 5.41) is 32.3. The number of rotatable bonds is 15. The highest BCUT2D eigenvalue weighted by atomic mass is 32.2. The summed E-state index contributed by atoms with van der Waals surface area (Å²) < 4.78 is 5.73. The van der Waals surface area contributed by atoms with E-state index >= 15 is 0 Å². The van der Waals surface area contributed by atoms with Crippen molar-refractivity contribution in [3.8, 4) is 11.5 Å². The van der Waals surface area contributed by atoms with Gasteiger partial charge in [0.15, 0.2) is 0 Å². The van der Waals surface area contributed by atoms with E-state index < -0.39 is 6.10 Å². The lowest BCUT2D eigenvalue weighted by molar-refractivity contribution is 0.127. The number of aliphatic hydroxyl groups excluding tert-OH is 1. The molecule has 2 aromatic carbocycles. The summed E-state index contributed by atoms with van der Waals surface area (Å²) in [6.07, 6.45) is 7.85. The molecule has 30 heavy (non-hydrogen) atoms. The van der Waals surface area contributed by atoms with E-state index in [0.29, 0.717) is 12.1 Å². The molecule has 0 bridgehead atoms. The van der Waals surface area contributed by atoms with Crippen molar-refractivity contribution >= 4 is 11.8 Å². The van der Waals surface area contributed by atoms with Gasteiger partial charge in [0.2, 0.25) is 0 Å². The number of aryl methyl sites for hydroxylation is 1. The molecule has 6 heteroatoms. The zero-order valence-electron chi connectivity index (χ0n) is 17.8. The Balaban J connectivity index is 1.40. The average Bonchev–Trinajstić information content (AvgIpc) is 2.74. The molecule has 4 N–H and O–H groups in total. The van der Waals surface area contributed by atoms with Crippen LogP contribution in [0.2, 0.25) is 0 Å². The number of ether oxygens (including phenoxy) is 1. The highest BCUT2D eigenvalue weighted by Gasteiger charge is 2.09. The highest BCUT2D eigenvalue weighted by molar-refractivity contribution is 7.98. The Bertz CT molecular complexity index is 703. The maximum absolute atomic E-state index is 10.1. The minimum atomic E-state index is -0.750. The minimum Gasteiger partial charge on any atom is -0.508 e. The molecule has 1 unspecified atom stereocenters. The van der Waals surface area contributed by atoms with Crippen molar-refractivity contribution in [3.63, 3.8) is 0 Å². The molecular weight excluding hydrogens is 398 g/mol. The molecule has 0 aromatic heterocycles. The highest BCUT2D eigenvalue weighted by Crippen LogP contribution is 2.24. The Morgan fingerprint density at radius 3 is 2.27 bits per heavy atom. The quantitative estimate of drug-likeness (QED) is 0.242. The van der Waals surface area contributed by atoms with Gasteiger partial charge in [0.05, 0.1) is 6.10 Å². The molecule has 0 amide bonds. The van der Waals surface area contributed by atoms with Crippen molar-refractivity contribution in [3.05, 3.63) is 53.6 Å². The van der Waals surface area contributed by atoms with Crippen LogP contribution < -0.4 is 5.32 Å². The third-order valence-corrected chi connectivity index (χ3v) is 5.70. The zero-order chi connectivity index (χ0) is 21.6. The first-order chi connectivity index (χ1) is 14.6. The number of aliphatic hydroxyl groups is 1. The second-order valence-electron chi connectivity index (χ2n) is 7.48. The molecule has 166 valence electrons. The van der Waals surface area contributed by atoms with Crippen LogP contribution in [0.15, 0.2) is 47.4 Å². The molecule has 0 aliphatic carbocycles. The van der Waals surface area contributed by atoms with Crippen LogP contribution >= 0.6 is 11.8 Å². The normalized spacial score (nSPS) is 12.2. The molecule has 2 rings (SSSR count). The number of aromatic hydroxyl groups is 2. The zero-order valence-corrected chi connectivity index (χ0v) is 18.7. The van der Waals surface area contributed by atoms with Gasteiger partial charge in [0.25, 0.3) is 0 Å². The lowest BCUT2D eigenvalue weighted by atomic mass is 10.1. The van der Waals surface area contributed by atoms with Crippen molar-refractivity contribution in [1.29, 1.82) is 0 Å². The summed E-state index contributed by atoms with van der Waals surface area (Å²) >= 11 is 1.77. The van der Waals surface area contributed by atoms with E-state index in [1.165, 1.54) is 28.7 Å². The molecule has 0 aliphatic heterocycles. The van der Waals surface area contributed by atoms with Gasteiger partial charge in [0.1, 0.15) is 11.5 Å². The monoisotopic (exact) mass is 433 g/mol. The van der Waals surface area contributed by atoms with Crippen LogP contribution in [0.25, 0.3) is 0 Å². The smallest absolute Gasteiger partial charge is 0.119 e. The molecule has 0 spiro atoms. The second kappa shape index (κ2) is 14.3. The van der Waals surface area contributed by atoms with E-state index in [-0.39, 0.29) is 11.5 Å². The fourth-order valence-corrected chi connectivity index (χ4v) is 3.66. The van der Waals surface area contributed by atoms with Gasteiger partial charge in [-0.1, -0.05) is 25.0 Å². The standard InChI is InChI=1S/C24H35NO4S/c1-30-23-10-8-19(9-11-23)7-6-14-29-13-5-3-2-4-12-25-18-24(28)20-15-21(26)17-22(27)16-20/h8-11,15-17,24-28H,2-7,12-14,18H2,1H3. The minimum absolute atomic E-state index is 0.0453. The van der Waals surface area contributed by atoms with Gasteiger partial charge < -0.3 is 25.4 Å². The molecular formula is C24H35NO4S. The topological polar surface area (TPSA) is 82.0 Å². The Labute approximate surface area is 184 Å². The van der Waals surface area contributed by atoms with Crippen LogP contribution in [0, 0.1) is 0 Å². The predicted octanol–water partition coefficient (Wildman–Crippen LogP) is 4.65. The van der Waals surface area contributed by atoms with E-state index in [0.717, 1.165) is 58.3 Å². The first-order valence-electron chi connectivity index (χ1n) is 10.7. The van der Waals surface area contributed by atoms with Crippen LogP contribution in [0.1, 0.15) is 49.3 Å². The van der Waals surface area contributed by atoms with E-state index in [4.69, 9.17) is 4.74 Å². The third-order valence-electron chi connectivity index (χ3n) is 4.95. The van der Waals surface area contributed by atoms with Crippen LogP contribution in [-0.2, 0) is 11.2 Å². The van der Waals surface area contributed by atoms with Gasteiger partial charge in [-0.3, -0.25) is 0 Å². The molecule has 0 heterocycles. The van der Waals surface area contributed by atoms with Gasteiger partial charge in [-0.15, -0.1) is 11.8 Å². The number of nitrogens with one attached hydrogen (secondary N) is 1. The summed E-state index contributed by atoms with van der Waals surface area (Å²) in [4.78, 5) is 1.30. The van der Waals surface area contributed by atoms with Gasteiger partial charge in [0, 0.05) is 30.7 Å². The van der Waals surface area contributed by atoms with Gasteiger partial charge in [-0.2, -0.15) is 0 Å². The Morgan fingerprint density at radius 2 is 1.57 bits per heavy atom. The lowest BCUT2D eigenvalue weighted by Crippen LogP contribution is -2.22. The van der Waals surface area contributed by atoms with Gasteiger partial charge >= 0.3 is 0 Å². The van der Waals surface area contributed by atoms with Gasteiger partial charge in [-0.05, 0) is 73.9 Å². The molecule has 2 aromatic rings. The van der Waals surface area contributed by atoms with Crippen LogP contribution in [0.4, 0.5) is 0 Å².